The quantitative estimate of drug-likeness (QED) is 0.156. The molecule has 0 aliphatic rings. The fraction of sp³-hybridized carbons (Fsp3) is 1.00. The van der Waals surface area contributed by atoms with E-state index in [0.29, 0.717) is 0 Å². The van der Waals surface area contributed by atoms with Gasteiger partial charge >= 0.3 is 0 Å². The number of halogens is 1. The van der Waals surface area contributed by atoms with Gasteiger partial charge in [-0.3, -0.25) is 0 Å². The van der Waals surface area contributed by atoms with Crippen LogP contribution in [0.1, 0.15) is 119 Å². The smallest absolute Gasteiger partial charge is 0.216 e. The zero-order valence-electron chi connectivity index (χ0n) is 20.4. The monoisotopic (exact) mass is 497 g/mol. The summed E-state index contributed by atoms with van der Waals surface area (Å²) < 4.78 is 6.19. The summed E-state index contributed by atoms with van der Waals surface area (Å²) in [4.78, 5) is 0. The average molecular weight is 499 g/mol. The molecule has 1 nitrogen and oxygen atoms in total. The van der Waals surface area contributed by atoms with E-state index in [9.17, 15) is 0 Å². The van der Waals surface area contributed by atoms with Crippen LogP contribution in [0.2, 0.25) is 0 Å². The lowest BCUT2D eigenvalue weighted by molar-refractivity contribution is -0.00000649. The number of hydrogen-bond acceptors (Lipinski definition) is 0. The van der Waals surface area contributed by atoms with Gasteiger partial charge < -0.3 is 17.0 Å². The molecule has 0 aromatic rings. The topological polar surface area (TPSA) is 14.1 Å². The molecule has 0 aromatic heterocycles. The molecule has 0 radical (unpaired) electrons. The second-order valence-corrected chi connectivity index (χ2v) is 16.5. The van der Waals surface area contributed by atoms with Gasteiger partial charge in [0.25, 0.3) is 0 Å². The second kappa shape index (κ2) is 20.0. The Bertz CT molecular complexity index is 360. The molecule has 0 fully saturated rings. The molecule has 0 amide bonds. The van der Waals surface area contributed by atoms with Crippen molar-refractivity contribution in [3.8, 4) is 0 Å². The molecule has 0 aliphatic heterocycles. The highest BCUT2D eigenvalue weighted by Crippen LogP contribution is 2.56. The highest BCUT2D eigenvalue weighted by atomic mass is 79.9. The van der Waals surface area contributed by atoms with Gasteiger partial charge in [-0.1, -0.05) is 80.1 Å². The van der Waals surface area contributed by atoms with Crippen molar-refractivity contribution >= 4 is 14.1 Å². The lowest BCUT2D eigenvalue weighted by atomic mass is 10.4. The molecule has 0 unspecified atom stereocenters. The van der Waals surface area contributed by atoms with Crippen LogP contribution in [0.25, 0.3) is 0 Å². The molecule has 0 rings (SSSR count). The predicted molar refractivity (Wildman–Crippen MR) is 135 cm³/mol. The molecular weight excluding hydrogens is 444 g/mol. The van der Waals surface area contributed by atoms with Crippen molar-refractivity contribution in [2.24, 2.45) is 0 Å². The largest absolute Gasteiger partial charge is 1.00 e. The van der Waals surface area contributed by atoms with Crippen molar-refractivity contribution in [1.29, 1.82) is 0 Å². The van der Waals surface area contributed by atoms with Crippen LogP contribution in [-0.2, 0) is 0 Å². The minimum atomic E-state index is -1.11. The molecule has 0 aliphatic carbocycles. The van der Waals surface area contributed by atoms with Crippen molar-refractivity contribution in [2.45, 2.75) is 119 Å². The van der Waals surface area contributed by atoms with Gasteiger partial charge in [0, 0.05) is 37.0 Å². The van der Waals surface area contributed by atoms with E-state index in [1.54, 1.807) is 0 Å². The summed E-state index contributed by atoms with van der Waals surface area (Å²) in [5, 5.41) is 0. The van der Waals surface area contributed by atoms with Crippen LogP contribution in [0, 0.1) is 0 Å². The van der Waals surface area contributed by atoms with Crippen LogP contribution in [0.4, 0.5) is 0 Å². The SMILES string of the molecule is CCCCP(CCCC)(CCCC)=[N+]=P(CCCC)(CCCC)CCCC.[Br-]. The summed E-state index contributed by atoms with van der Waals surface area (Å²) in [5.41, 5.74) is 0. The van der Waals surface area contributed by atoms with Gasteiger partial charge in [0.15, 0.2) is 0 Å². The van der Waals surface area contributed by atoms with Crippen molar-refractivity contribution < 1.29 is 17.0 Å². The van der Waals surface area contributed by atoms with E-state index in [0.717, 1.165) is 0 Å². The normalized spacial score (nSPS) is 11.9. The Balaban J connectivity index is 0. The van der Waals surface area contributed by atoms with Crippen LogP contribution >= 0.6 is 14.1 Å². The standard InChI is InChI=1S/C24H54NP2.BrH/c1-7-13-19-26(20-14-8-2,21-15-9-3)25-27(22-16-10-4,23-17-11-5)24-18-12-6;/h7-24H2,1-6H3;1H/q+1;/p-1. The lowest BCUT2D eigenvalue weighted by Crippen LogP contribution is -3.00. The molecule has 0 atom stereocenters. The maximum atomic E-state index is 6.19. The first-order valence-corrected chi connectivity index (χ1v) is 17.1. The van der Waals surface area contributed by atoms with Gasteiger partial charge in [-0.05, 0) is 38.5 Å². The second-order valence-electron chi connectivity index (χ2n) is 8.74. The first-order chi connectivity index (χ1) is 13.1. The van der Waals surface area contributed by atoms with E-state index < -0.39 is 14.1 Å². The maximum Gasteiger partial charge on any atom is 0.216 e. The summed E-state index contributed by atoms with van der Waals surface area (Å²) >= 11 is 0. The molecule has 0 saturated heterocycles. The molecule has 0 saturated carbocycles. The van der Waals surface area contributed by atoms with Gasteiger partial charge in [0.2, 0.25) is 14.1 Å². The van der Waals surface area contributed by atoms with Crippen LogP contribution in [-0.4, -0.2) is 37.0 Å². The first-order valence-electron chi connectivity index (χ1n) is 12.5. The molecule has 0 N–H and O–H groups in total. The van der Waals surface area contributed by atoms with Crippen LogP contribution in [0.3, 0.4) is 0 Å². The third-order valence-electron chi connectivity index (χ3n) is 5.95. The van der Waals surface area contributed by atoms with Crippen LogP contribution < -0.4 is 21.2 Å². The third kappa shape index (κ3) is 13.4. The Morgan fingerprint density at radius 2 is 0.571 bits per heavy atom. The van der Waals surface area contributed by atoms with Gasteiger partial charge in [-0.25, -0.2) is 0 Å². The Morgan fingerprint density at radius 3 is 0.714 bits per heavy atom. The molecule has 0 heterocycles. The molecule has 28 heavy (non-hydrogen) atoms. The highest BCUT2D eigenvalue weighted by Gasteiger charge is 2.34. The number of unbranched alkanes of at least 4 members (excludes halogenated alkanes) is 6. The predicted octanol–water partition coefficient (Wildman–Crippen LogP) is 6.26. The maximum absolute atomic E-state index is 6.19. The summed E-state index contributed by atoms with van der Waals surface area (Å²) in [6.45, 7) is 14.3. The van der Waals surface area contributed by atoms with E-state index in [1.165, 1.54) is 114 Å². The number of hydrogen-bond donors (Lipinski definition) is 0. The summed E-state index contributed by atoms with van der Waals surface area (Å²) in [6.07, 6.45) is 25.4. The highest BCUT2D eigenvalue weighted by molar-refractivity contribution is 7.73. The molecule has 0 spiro atoms. The van der Waals surface area contributed by atoms with Crippen LogP contribution in [0.5, 0.6) is 0 Å². The lowest BCUT2D eigenvalue weighted by Gasteiger charge is -2.19. The van der Waals surface area contributed by atoms with E-state index in [2.05, 4.69) is 41.5 Å². The van der Waals surface area contributed by atoms with Crippen LogP contribution in [0.15, 0.2) is 0 Å². The Morgan fingerprint density at radius 1 is 0.393 bits per heavy atom. The van der Waals surface area contributed by atoms with E-state index in [1.807, 2.05) is 0 Å². The van der Waals surface area contributed by atoms with Crippen molar-refractivity contribution in [1.82, 2.24) is 4.17 Å². The Kier molecular flexibility index (Phi) is 22.3. The zero-order chi connectivity index (χ0) is 20.4. The summed E-state index contributed by atoms with van der Waals surface area (Å²) in [7, 11) is -2.23. The fourth-order valence-corrected chi connectivity index (χ4v) is 16.2. The van der Waals surface area contributed by atoms with Crippen molar-refractivity contribution in [3.05, 3.63) is 0 Å². The molecule has 172 valence electrons. The minimum Gasteiger partial charge on any atom is -1.00 e. The van der Waals surface area contributed by atoms with E-state index in [4.69, 9.17) is 4.17 Å². The molecule has 4 heteroatoms. The summed E-state index contributed by atoms with van der Waals surface area (Å²) in [6, 6.07) is 0. The summed E-state index contributed by atoms with van der Waals surface area (Å²) in [5.74, 6) is 0. The van der Waals surface area contributed by atoms with Crippen molar-refractivity contribution in [2.75, 3.05) is 37.0 Å². The van der Waals surface area contributed by atoms with Gasteiger partial charge in [-0.2, -0.15) is 4.17 Å². The number of nitrogens with zero attached hydrogens (tertiary/aromatic N) is 1. The van der Waals surface area contributed by atoms with Gasteiger partial charge in [0.05, 0.1) is 0 Å². The van der Waals surface area contributed by atoms with Gasteiger partial charge in [0.1, 0.15) is 0 Å². The van der Waals surface area contributed by atoms with E-state index >= 15 is 0 Å². The molecular formula is C24H54BrNP2. The third-order valence-corrected chi connectivity index (χ3v) is 15.9. The zero-order valence-corrected chi connectivity index (χ0v) is 23.8. The van der Waals surface area contributed by atoms with E-state index in [-0.39, 0.29) is 17.0 Å². The molecule has 0 aromatic carbocycles. The Labute approximate surface area is 190 Å². The average Bonchev–Trinajstić information content (AvgIpc) is 2.70. The fourth-order valence-electron chi connectivity index (χ4n) is 4.06. The first kappa shape index (κ1) is 31.2. The van der Waals surface area contributed by atoms with Gasteiger partial charge in [-0.15, -0.1) is 0 Å². The number of rotatable bonds is 18. The molecule has 0 bridgehead atoms. The Hall–Kier alpha value is 1.05. The minimum absolute atomic E-state index is 0. The van der Waals surface area contributed by atoms with Crippen molar-refractivity contribution in [3.63, 3.8) is 0 Å².